The molecule has 2 aromatic rings. The highest BCUT2D eigenvalue weighted by atomic mass is 19.1. The molecule has 2 aromatic carbocycles. The Kier molecular flexibility index (Phi) is 13.1. The molecule has 0 aromatic heterocycles. The monoisotopic (exact) mass is 588 g/mol. The molecule has 0 radical (unpaired) electrons. The summed E-state index contributed by atoms with van der Waals surface area (Å²) in [6, 6.07) is 11.2. The largest absolute Gasteiger partial charge is 0.388 e. The number of carbonyl (C=O) groups is 2. The lowest BCUT2D eigenvalue weighted by molar-refractivity contribution is -0.130. The van der Waals surface area contributed by atoms with Crippen molar-refractivity contribution in [3.05, 3.63) is 77.4 Å². The van der Waals surface area contributed by atoms with Gasteiger partial charge in [-0.3, -0.25) is 9.59 Å². The van der Waals surface area contributed by atoms with Crippen molar-refractivity contribution in [3.8, 4) is 0 Å². The SMILES string of the molecule is CO[C@@H]1CN(C(=O)c2ccccc2F)C[C@@H](CC(C)C)N(C(=O)/C=C/c2ccccc2F)CCCCOC[C@@H](O)[C@H]1O. The summed E-state index contributed by atoms with van der Waals surface area (Å²) in [7, 11) is 1.35. The maximum Gasteiger partial charge on any atom is 0.256 e. The highest BCUT2D eigenvalue weighted by Crippen LogP contribution is 2.21. The molecule has 230 valence electrons. The van der Waals surface area contributed by atoms with E-state index in [1.807, 2.05) is 13.8 Å². The van der Waals surface area contributed by atoms with Gasteiger partial charge in [-0.05, 0) is 49.5 Å². The summed E-state index contributed by atoms with van der Waals surface area (Å²) in [5.74, 6) is -2.02. The van der Waals surface area contributed by atoms with Gasteiger partial charge in [0.05, 0.1) is 12.2 Å². The number of amides is 2. The first-order valence-electron chi connectivity index (χ1n) is 14.4. The van der Waals surface area contributed by atoms with E-state index in [4.69, 9.17) is 9.47 Å². The minimum atomic E-state index is -1.39. The smallest absolute Gasteiger partial charge is 0.256 e. The zero-order chi connectivity index (χ0) is 30.6. The number of aliphatic hydroxyl groups is 2. The predicted molar refractivity (Wildman–Crippen MR) is 156 cm³/mol. The quantitative estimate of drug-likeness (QED) is 0.497. The van der Waals surface area contributed by atoms with Crippen molar-refractivity contribution in [3.63, 3.8) is 0 Å². The summed E-state index contributed by atoms with van der Waals surface area (Å²) in [5.41, 5.74) is 0.112. The van der Waals surface area contributed by atoms with E-state index in [-0.39, 0.29) is 42.6 Å². The van der Waals surface area contributed by atoms with Crippen molar-refractivity contribution < 1.29 is 38.1 Å². The second-order valence-corrected chi connectivity index (χ2v) is 11.0. The fraction of sp³-hybridized carbons (Fsp3) is 0.500. The second kappa shape index (κ2) is 16.5. The third-order valence-electron chi connectivity index (χ3n) is 7.31. The molecule has 8 nitrogen and oxygen atoms in total. The van der Waals surface area contributed by atoms with Gasteiger partial charge in [-0.2, -0.15) is 0 Å². The van der Waals surface area contributed by atoms with Crippen LogP contribution in [0.1, 0.15) is 49.0 Å². The first-order valence-corrected chi connectivity index (χ1v) is 14.4. The van der Waals surface area contributed by atoms with E-state index in [1.54, 1.807) is 29.2 Å². The maximum atomic E-state index is 14.8. The van der Waals surface area contributed by atoms with Crippen LogP contribution in [0.25, 0.3) is 6.08 Å². The third-order valence-corrected chi connectivity index (χ3v) is 7.31. The summed E-state index contributed by atoms with van der Waals surface area (Å²) in [6.07, 6.45) is 0.728. The molecule has 3 rings (SSSR count). The molecule has 1 fully saturated rings. The van der Waals surface area contributed by atoms with Crippen LogP contribution in [0.2, 0.25) is 0 Å². The van der Waals surface area contributed by atoms with E-state index in [2.05, 4.69) is 0 Å². The van der Waals surface area contributed by atoms with Crippen LogP contribution in [0.3, 0.4) is 0 Å². The van der Waals surface area contributed by atoms with Crippen LogP contribution in [0.4, 0.5) is 8.78 Å². The van der Waals surface area contributed by atoms with Crippen molar-refractivity contribution in [2.45, 2.75) is 57.5 Å². The summed E-state index contributed by atoms with van der Waals surface area (Å²) in [5, 5.41) is 21.4. The van der Waals surface area contributed by atoms with Crippen LogP contribution in [-0.2, 0) is 14.3 Å². The van der Waals surface area contributed by atoms with Crippen molar-refractivity contribution >= 4 is 17.9 Å². The van der Waals surface area contributed by atoms with Crippen LogP contribution in [-0.4, -0.2) is 96.1 Å². The Labute approximate surface area is 246 Å². The summed E-state index contributed by atoms with van der Waals surface area (Å²) in [4.78, 5) is 30.5. The van der Waals surface area contributed by atoms with E-state index in [1.165, 1.54) is 48.4 Å². The van der Waals surface area contributed by atoms with Crippen LogP contribution >= 0.6 is 0 Å². The van der Waals surface area contributed by atoms with Gasteiger partial charge in [0, 0.05) is 51.0 Å². The van der Waals surface area contributed by atoms with Gasteiger partial charge >= 0.3 is 0 Å². The molecule has 2 amide bonds. The first kappa shape index (κ1) is 33.3. The van der Waals surface area contributed by atoms with Crippen LogP contribution < -0.4 is 0 Å². The Morgan fingerprint density at radius 2 is 1.74 bits per heavy atom. The lowest BCUT2D eigenvalue weighted by atomic mass is 9.99. The number of hydrogen-bond acceptors (Lipinski definition) is 6. The maximum absolute atomic E-state index is 14.8. The van der Waals surface area contributed by atoms with Gasteiger partial charge in [0.2, 0.25) is 5.91 Å². The molecule has 0 unspecified atom stereocenters. The van der Waals surface area contributed by atoms with E-state index >= 15 is 0 Å². The number of methoxy groups -OCH3 is 1. The molecule has 1 aliphatic rings. The second-order valence-electron chi connectivity index (χ2n) is 11.0. The molecule has 4 atom stereocenters. The van der Waals surface area contributed by atoms with Gasteiger partial charge in [-0.15, -0.1) is 0 Å². The van der Waals surface area contributed by atoms with Crippen molar-refractivity contribution in [2.24, 2.45) is 5.92 Å². The number of carbonyl (C=O) groups excluding carboxylic acids is 2. The number of aliphatic hydroxyl groups excluding tert-OH is 2. The molecular formula is C32H42F2N2O6. The number of hydrogen-bond donors (Lipinski definition) is 2. The van der Waals surface area contributed by atoms with Gasteiger partial charge in [-0.25, -0.2) is 8.78 Å². The number of nitrogens with zero attached hydrogens (tertiary/aromatic N) is 2. The molecule has 42 heavy (non-hydrogen) atoms. The molecule has 10 heteroatoms. The lowest BCUT2D eigenvalue weighted by Crippen LogP contribution is -2.53. The highest BCUT2D eigenvalue weighted by molar-refractivity contribution is 5.95. The van der Waals surface area contributed by atoms with E-state index < -0.39 is 41.9 Å². The number of benzene rings is 2. The Hall–Kier alpha value is -3.18. The number of halogens is 2. The predicted octanol–water partition coefficient (Wildman–Crippen LogP) is 3.91. The van der Waals surface area contributed by atoms with Gasteiger partial charge in [-0.1, -0.05) is 44.2 Å². The normalized spacial score (nSPS) is 23.2. The summed E-state index contributed by atoms with van der Waals surface area (Å²) < 4.78 is 40.1. The molecule has 1 heterocycles. The third kappa shape index (κ3) is 9.42. The summed E-state index contributed by atoms with van der Waals surface area (Å²) >= 11 is 0. The van der Waals surface area contributed by atoms with Gasteiger partial charge in [0.25, 0.3) is 5.91 Å². The van der Waals surface area contributed by atoms with Gasteiger partial charge in [0.1, 0.15) is 29.9 Å². The topological polar surface area (TPSA) is 99.5 Å². The van der Waals surface area contributed by atoms with E-state index in [9.17, 15) is 28.6 Å². The molecule has 0 spiro atoms. The Morgan fingerprint density at radius 3 is 2.40 bits per heavy atom. The van der Waals surface area contributed by atoms with Crippen molar-refractivity contribution in [1.82, 2.24) is 9.80 Å². The first-order chi connectivity index (χ1) is 20.1. The van der Waals surface area contributed by atoms with Crippen LogP contribution in [0.15, 0.2) is 54.6 Å². The molecule has 2 N–H and O–H groups in total. The zero-order valence-corrected chi connectivity index (χ0v) is 24.5. The minimum absolute atomic E-state index is 0.0177. The fourth-order valence-electron chi connectivity index (χ4n) is 5.06. The van der Waals surface area contributed by atoms with Gasteiger partial charge in [0.15, 0.2) is 0 Å². The highest BCUT2D eigenvalue weighted by Gasteiger charge is 2.34. The molecule has 1 aliphatic heterocycles. The Morgan fingerprint density at radius 1 is 1.05 bits per heavy atom. The Bertz CT molecular complexity index is 1190. The average molecular weight is 589 g/mol. The fourth-order valence-corrected chi connectivity index (χ4v) is 5.06. The molecule has 1 saturated heterocycles. The van der Waals surface area contributed by atoms with Crippen molar-refractivity contribution in [1.29, 1.82) is 0 Å². The van der Waals surface area contributed by atoms with E-state index in [0.29, 0.717) is 32.4 Å². The molecule has 0 aliphatic carbocycles. The molecule has 0 bridgehead atoms. The standard InChI is InChI=1S/C32H42F2N2O6/c1-22(2)18-24-19-35(32(40)25-11-5-7-13-27(25)34)20-29(41-3)31(39)28(37)21-42-17-9-8-16-36(24)30(38)15-14-23-10-4-6-12-26(23)33/h4-7,10-15,22,24,28-29,31,37,39H,8-9,16-21H2,1-3H3/b15-14+/t24-,28-,29-,31-/m1/s1. The zero-order valence-electron chi connectivity index (χ0n) is 24.5. The minimum Gasteiger partial charge on any atom is -0.388 e. The summed E-state index contributed by atoms with van der Waals surface area (Å²) in [6.45, 7) is 4.33. The molecular weight excluding hydrogens is 546 g/mol. The number of rotatable bonds is 6. The van der Waals surface area contributed by atoms with Crippen molar-refractivity contribution in [2.75, 3.05) is 40.0 Å². The van der Waals surface area contributed by atoms with Gasteiger partial charge < -0.3 is 29.5 Å². The average Bonchev–Trinajstić information content (AvgIpc) is 2.96. The van der Waals surface area contributed by atoms with Crippen LogP contribution in [0, 0.1) is 17.6 Å². The van der Waals surface area contributed by atoms with E-state index in [0.717, 1.165) is 0 Å². The Balaban J connectivity index is 2.02. The lowest BCUT2D eigenvalue weighted by Gasteiger charge is -2.38. The van der Waals surface area contributed by atoms with Crippen LogP contribution in [0.5, 0.6) is 0 Å². The molecule has 0 saturated carbocycles. The number of ether oxygens (including phenoxy) is 2.